The largest absolute Gasteiger partial charge is 0.444 e. The van der Waals surface area contributed by atoms with E-state index in [0.717, 1.165) is 6.42 Å². The Morgan fingerprint density at radius 2 is 2.00 bits per heavy atom. The number of carbonyl (C=O) groups is 3. The van der Waals surface area contributed by atoms with Gasteiger partial charge in [0.25, 0.3) is 0 Å². The molecule has 1 rings (SSSR count). The van der Waals surface area contributed by atoms with Crippen molar-refractivity contribution in [1.29, 1.82) is 0 Å². The highest BCUT2D eigenvalue weighted by atomic mass is 16.6. The molecular weight excluding hydrogens is 262 g/mol. The molecule has 0 aromatic rings. The van der Waals surface area contributed by atoms with E-state index in [2.05, 4.69) is 5.32 Å². The van der Waals surface area contributed by atoms with E-state index in [1.165, 1.54) is 4.90 Å². The maximum absolute atomic E-state index is 12.0. The molecule has 2 amide bonds. The summed E-state index contributed by atoms with van der Waals surface area (Å²) in [5.74, 6) is -0.437. The van der Waals surface area contributed by atoms with Gasteiger partial charge >= 0.3 is 6.09 Å². The van der Waals surface area contributed by atoms with E-state index in [-0.39, 0.29) is 24.8 Å². The molecule has 1 heterocycles. The maximum Gasteiger partial charge on any atom is 0.408 e. The van der Waals surface area contributed by atoms with Crippen LogP contribution in [0.2, 0.25) is 0 Å². The van der Waals surface area contributed by atoms with E-state index in [9.17, 15) is 14.4 Å². The summed E-state index contributed by atoms with van der Waals surface area (Å²) < 4.78 is 5.04. The van der Waals surface area contributed by atoms with Gasteiger partial charge in [0.15, 0.2) is 5.78 Å². The summed E-state index contributed by atoms with van der Waals surface area (Å²) in [6.07, 6.45) is 0.759. The van der Waals surface area contributed by atoms with Crippen LogP contribution >= 0.6 is 0 Å². The number of ketones is 1. The number of alkyl carbamates (subject to hydrolysis) is 1. The normalized spacial score (nSPS) is 18.8. The molecule has 0 spiro atoms. The Morgan fingerprint density at radius 1 is 1.35 bits per heavy atom. The van der Waals surface area contributed by atoms with Gasteiger partial charge in [0.1, 0.15) is 12.1 Å². The average Bonchev–Trinajstić information content (AvgIpc) is 2.82. The van der Waals surface area contributed by atoms with Crippen LogP contribution in [0.15, 0.2) is 0 Å². The number of carbonyl (C=O) groups excluding carboxylic acids is 3. The summed E-state index contributed by atoms with van der Waals surface area (Å²) in [7, 11) is 0. The van der Waals surface area contributed by atoms with E-state index < -0.39 is 17.7 Å². The highest BCUT2D eigenvalue weighted by Crippen LogP contribution is 2.17. The minimum absolute atomic E-state index is 0.0755. The van der Waals surface area contributed by atoms with Gasteiger partial charge in [0.2, 0.25) is 5.91 Å². The third-order valence-corrected chi connectivity index (χ3v) is 2.93. The number of likely N-dealkylation sites (tertiary alicyclic amines) is 1. The summed E-state index contributed by atoms with van der Waals surface area (Å²) >= 11 is 0. The fourth-order valence-corrected chi connectivity index (χ4v) is 2.10. The molecule has 0 aromatic carbocycles. The predicted molar refractivity (Wildman–Crippen MR) is 73.0 cm³/mol. The summed E-state index contributed by atoms with van der Waals surface area (Å²) in [6, 6.07) is -0.451. The van der Waals surface area contributed by atoms with Crippen LogP contribution in [-0.2, 0) is 14.3 Å². The highest BCUT2D eigenvalue weighted by molar-refractivity contribution is 5.92. The molecule has 20 heavy (non-hydrogen) atoms. The Kier molecular flexibility index (Phi) is 5.50. The monoisotopic (exact) mass is 285 g/mol. The van der Waals surface area contributed by atoms with Crippen LogP contribution in [-0.4, -0.2) is 54.0 Å². The molecule has 1 fully saturated rings. The molecule has 7 heteroatoms. The smallest absolute Gasteiger partial charge is 0.408 e. The molecule has 1 aliphatic rings. The topological polar surface area (TPSA) is 102 Å². The molecule has 0 aliphatic carbocycles. The van der Waals surface area contributed by atoms with Gasteiger partial charge in [-0.3, -0.25) is 9.59 Å². The molecule has 1 atom stereocenters. The van der Waals surface area contributed by atoms with Gasteiger partial charge in [-0.2, -0.15) is 0 Å². The van der Waals surface area contributed by atoms with Crippen molar-refractivity contribution in [2.24, 2.45) is 5.73 Å². The molecule has 3 N–H and O–H groups in total. The molecular formula is C13H23N3O4. The number of Topliss-reactive ketones (excluding diaryl/α,β-unsaturated/α-hetero) is 1. The number of amides is 2. The first-order chi connectivity index (χ1) is 9.24. The van der Waals surface area contributed by atoms with Crippen molar-refractivity contribution in [3.63, 3.8) is 0 Å². The SMILES string of the molecule is CC(C)(C)OC(=O)NCC(=O)N1CCCC1C(=O)CN. The second-order valence-electron chi connectivity index (χ2n) is 5.77. The third kappa shape index (κ3) is 4.80. The molecule has 0 saturated carbocycles. The van der Waals surface area contributed by atoms with Crippen LogP contribution in [0.4, 0.5) is 4.79 Å². The van der Waals surface area contributed by atoms with Crippen LogP contribution in [0, 0.1) is 0 Å². The maximum atomic E-state index is 12.0. The van der Waals surface area contributed by atoms with Gasteiger partial charge < -0.3 is 20.7 Å². The van der Waals surface area contributed by atoms with Gasteiger partial charge in [-0.1, -0.05) is 0 Å². The van der Waals surface area contributed by atoms with Crippen molar-refractivity contribution in [2.45, 2.75) is 45.3 Å². The summed E-state index contributed by atoms with van der Waals surface area (Å²) in [5.41, 5.74) is 4.72. The van der Waals surface area contributed by atoms with Crippen LogP contribution in [0.3, 0.4) is 0 Å². The van der Waals surface area contributed by atoms with Crippen molar-refractivity contribution >= 4 is 17.8 Å². The standard InChI is InChI=1S/C13H23N3O4/c1-13(2,3)20-12(19)15-8-11(18)16-6-4-5-9(16)10(17)7-14/h9H,4-8,14H2,1-3H3,(H,15,19). The van der Waals surface area contributed by atoms with Gasteiger partial charge in [0.05, 0.1) is 12.6 Å². The quantitative estimate of drug-likeness (QED) is 0.758. The fourth-order valence-electron chi connectivity index (χ4n) is 2.10. The fraction of sp³-hybridized carbons (Fsp3) is 0.769. The zero-order chi connectivity index (χ0) is 15.3. The Morgan fingerprint density at radius 3 is 2.55 bits per heavy atom. The number of hydrogen-bond donors (Lipinski definition) is 2. The van der Waals surface area contributed by atoms with Crippen molar-refractivity contribution in [3.8, 4) is 0 Å². The molecule has 7 nitrogen and oxygen atoms in total. The Balaban J connectivity index is 2.46. The zero-order valence-corrected chi connectivity index (χ0v) is 12.3. The molecule has 0 bridgehead atoms. The second kappa shape index (κ2) is 6.69. The number of ether oxygens (including phenoxy) is 1. The van der Waals surface area contributed by atoms with E-state index in [1.54, 1.807) is 20.8 Å². The number of nitrogens with zero attached hydrogens (tertiary/aromatic N) is 1. The summed E-state index contributed by atoms with van der Waals surface area (Å²) in [5, 5.41) is 2.40. The van der Waals surface area contributed by atoms with Crippen LogP contribution in [0.5, 0.6) is 0 Å². The van der Waals surface area contributed by atoms with Crippen molar-refractivity contribution in [1.82, 2.24) is 10.2 Å². The van der Waals surface area contributed by atoms with Crippen LogP contribution in [0.1, 0.15) is 33.6 Å². The molecule has 1 aliphatic heterocycles. The number of rotatable bonds is 4. The second-order valence-corrected chi connectivity index (χ2v) is 5.77. The Hall–Kier alpha value is -1.63. The zero-order valence-electron chi connectivity index (χ0n) is 12.3. The van der Waals surface area contributed by atoms with Crippen molar-refractivity contribution < 1.29 is 19.1 Å². The van der Waals surface area contributed by atoms with Crippen LogP contribution < -0.4 is 11.1 Å². The lowest BCUT2D eigenvalue weighted by molar-refractivity contribution is -0.136. The third-order valence-electron chi connectivity index (χ3n) is 2.93. The van der Waals surface area contributed by atoms with E-state index in [0.29, 0.717) is 13.0 Å². The van der Waals surface area contributed by atoms with Gasteiger partial charge in [0, 0.05) is 6.54 Å². The summed E-state index contributed by atoms with van der Waals surface area (Å²) in [6.45, 7) is 5.49. The average molecular weight is 285 g/mol. The first-order valence-corrected chi connectivity index (χ1v) is 6.73. The van der Waals surface area contributed by atoms with Crippen molar-refractivity contribution in [2.75, 3.05) is 19.6 Å². The number of hydrogen-bond acceptors (Lipinski definition) is 5. The molecule has 1 saturated heterocycles. The van der Waals surface area contributed by atoms with Gasteiger partial charge in [-0.15, -0.1) is 0 Å². The first kappa shape index (κ1) is 16.4. The minimum Gasteiger partial charge on any atom is -0.444 e. The Bertz CT molecular complexity index is 390. The first-order valence-electron chi connectivity index (χ1n) is 6.73. The van der Waals surface area contributed by atoms with Crippen LogP contribution in [0.25, 0.3) is 0 Å². The van der Waals surface area contributed by atoms with Gasteiger partial charge in [-0.05, 0) is 33.6 Å². The molecule has 114 valence electrons. The molecule has 0 radical (unpaired) electrons. The van der Waals surface area contributed by atoms with E-state index in [1.807, 2.05) is 0 Å². The number of nitrogens with one attached hydrogen (secondary N) is 1. The predicted octanol–water partition coefficient (Wildman–Crippen LogP) is 0.0299. The highest BCUT2D eigenvalue weighted by Gasteiger charge is 2.33. The Labute approximate surface area is 118 Å². The van der Waals surface area contributed by atoms with Gasteiger partial charge in [-0.25, -0.2) is 4.79 Å². The van der Waals surface area contributed by atoms with E-state index in [4.69, 9.17) is 10.5 Å². The lowest BCUT2D eigenvalue weighted by Crippen LogP contribution is -2.47. The summed E-state index contributed by atoms with van der Waals surface area (Å²) in [4.78, 5) is 36.6. The van der Waals surface area contributed by atoms with E-state index >= 15 is 0 Å². The lowest BCUT2D eigenvalue weighted by Gasteiger charge is -2.24. The lowest BCUT2D eigenvalue weighted by atomic mass is 10.1. The molecule has 0 aromatic heterocycles. The number of nitrogens with two attached hydrogens (primary N) is 1. The van der Waals surface area contributed by atoms with Crippen molar-refractivity contribution in [3.05, 3.63) is 0 Å². The minimum atomic E-state index is -0.647. The molecule has 1 unspecified atom stereocenters.